The summed E-state index contributed by atoms with van der Waals surface area (Å²) in [6.45, 7) is 7.18. The van der Waals surface area contributed by atoms with Crippen LogP contribution in [0.15, 0.2) is 95.7 Å². The molecular formula is C42H42B2N2S4. The molecule has 0 saturated heterocycles. The number of unbranched alkanes of at least 4 members (excludes halogenated alkanes) is 6. The monoisotopic (exact) mass is 724 g/mol. The summed E-state index contributed by atoms with van der Waals surface area (Å²) in [5, 5.41) is 4.59. The Hall–Kier alpha value is -3.29. The fraction of sp³-hybridized carbons (Fsp3) is 0.286. The molecule has 0 amide bonds. The second-order valence-corrected chi connectivity index (χ2v) is 17.9. The first kappa shape index (κ1) is 32.6. The first-order valence-electron chi connectivity index (χ1n) is 18.6. The van der Waals surface area contributed by atoms with Crippen molar-refractivity contribution in [1.29, 1.82) is 0 Å². The number of nitrogens with zero attached hydrogens (tertiary/aromatic N) is 2. The predicted molar refractivity (Wildman–Crippen MR) is 230 cm³/mol. The number of anilines is 2. The normalized spacial score (nSPS) is 13.6. The molecule has 0 atom stereocenters. The van der Waals surface area contributed by atoms with Crippen molar-refractivity contribution in [3.8, 4) is 20.9 Å². The highest BCUT2D eigenvalue weighted by atomic mass is 32.1. The maximum absolute atomic E-state index is 2.81. The first-order chi connectivity index (χ1) is 24.8. The molecule has 0 spiro atoms. The lowest BCUT2D eigenvalue weighted by atomic mass is 9.46. The highest BCUT2D eigenvalue weighted by Gasteiger charge is 2.43. The summed E-state index contributed by atoms with van der Waals surface area (Å²) < 4.78 is 5.80. The molecule has 9 rings (SSSR count). The smallest absolute Gasteiger partial charge is 0.326 e. The van der Waals surface area contributed by atoms with E-state index in [2.05, 4.69) is 119 Å². The van der Waals surface area contributed by atoms with Gasteiger partial charge in [-0.3, -0.25) is 0 Å². The molecule has 6 heterocycles. The summed E-state index contributed by atoms with van der Waals surface area (Å²) in [5.74, 6) is 0. The average molecular weight is 725 g/mol. The third-order valence-electron chi connectivity index (χ3n) is 10.8. The van der Waals surface area contributed by atoms with Crippen LogP contribution in [-0.4, -0.2) is 26.8 Å². The van der Waals surface area contributed by atoms with E-state index in [0.717, 1.165) is 13.1 Å². The molecule has 2 nitrogen and oxygen atoms in total. The van der Waals surface area contributed by atoms with E-state index in [0.29, 0.717) is 0 Å². The van der Waals surface area contributed by atoms with E-state index >= 15 is 0 Å². The zero-order valence-corrected chi connectivity index (χ0v) is 32.3. The van der Waals surface area contributed by atoms with Crippen molar-refractivity contribution in [3.05, 3.63) is 95.7 Å². The van der Waals surface area contributed by atoms with E-state index < -0.39 is 0 Å². The van der Waals surface area contributed by atoms with E-state index in [1.165, 1.54) is 124 Å². The van der Waals surface area contributed by atoms with Gasteiger partial charge in [-0.25, -0.2) is 0 Å². The van der Waals surface area contributed by atoms with Crippen molar-refractivity contribution in [2.24, 2.45) is 0 Å². The van der Waals surface area contributed by atoms with Gasteiger partial charge in [0.05, 0.1) is 0 Å². The first-order valence-corrected chi connectivity index (χ1v) is 22.0. The van der Waals surface area contributed by atoms with Crippen LogP contribution < -0.4 is 31.5 Å². The van der Waals surface area contributed by atoms with Gasteiger partial charge in [0, 0.05) is 64.1 Å². The molecule has 0 bridgehead atoms. The summed E-state index contributed by atoms with van der Waals surface area (Å²) >= 11 is 7.88. The SMILES string of the molecule is CCCCCCN1B(c2ccccc2)c2c(sc3ccsc23)-c2cc3c(cc21)N(CCCCCC)B(c1ccccc1)c1c-3sc2ccsc12. The minimum Gasteiger partial charge on any atom is -0.406 e. The number of hydrogen-bond acceptors (Lipinski definition) is 6. The molecule has 50 heavy (non-hydrogen) atoms. The molecule has 3 aromatic carbocycles. The molecule has 0 fully saturated rings. The topological polar surface area (TPSA) is 6.48 Å². The van der Waals surface area contributed by atoms with Gasteiger partial charge in [-0.15, -0.1) is 45.3 Å². The lowest BCUT2D eigenvalue weighted by Gasteiger charge is -2.42. The molecule has 0 unspecified atom stereocenters. The zero-order chi connectivity index (χ0) is 33.6. The Bertz CT molecular complexity index is 2090. The Labute approximate surface area is 313 Å². The van der Waals surface area contributed by atoms with Crippen LogP contribution in [0.2, 0.25) is 0 Å². The Morgan fingerprint density at radius 2 is 0.980 bits per heavy atom. The fourth-order valence-corrected chi connectivity index (χ4v) is 13.4. The maximum atomic E-state index is 2.81. The second kappa shape index (κ2) is 14.0. The molecule has 4 aromatic heterocycles. The molecule has 250 valence electrons. The second-order valence-electron chi connectivity index (χ2n) is 13.9. The molecular weight excluding hydrogens is 682 g/mol. The van der Waals surface area contributed by atoms with Gasteiger partial charge in [0.1, 0.15) is 0 Å². The Morgan fingerprint density at radius 3 is 1.42 bits per heavy atom. The number of thiophene rings is 4. The van der Waals surface area contributed by atoms with Crippen LogP contribution in [0, 0.1) is 0 Å². The van der Waals surface area contributed by atoms with Crippen molar-refractivity contribution in [3.63, 3.8) is 0 Å². The van der Waals surface area contributed by atoms with Gasteiger partial charge in [-0.2, -0.15) is 0 Å². The number of rotatable bonds is 12. The van der Waals surface area contributed by atoms with Gasteiger partial charge in [-0.1, -0.05) is 124 Å². The molecule has 0 radical (unpaired) electrons. The quantitative estimate of drug-likeness (QED) is 0.0915. The van der Waals surface area contributed by atoms with Crippen LogP contribution in [0.3, 0.4) is 0 Å². The summed E-state index contributed by atoms with van der Waals surface area (Å²) in [4.78, 5) is 8.57. The average Bonchev–Trinajstić information content (AvgIpc) is 3.95. The Morgan fingerprint density at radius 1 is 0.520 bits per heavy atom. The lowest BCUT2D eigenvalue weighted by Crippen LogP contribution is -2.60. The highest BCUT2D eigenvalue weighted by molar-refractivity contribution is 7.33. The van der Waals surface area contributed by atoms with E-state index in [9.17, 15) is 0 Å². The largest absolute Gasteiger partial charge is 0.406 e. The molecule has 8 heteroatoms. The molecule has 0 saturated carbocycles. The number of hydrogen-bond donors (Lipinski definition) is 0. The maximum Gasteiger partial charge on any atom is 0.326 e. The van der Waals surface area contributed by atoms with Gasteiger partial charge in [-0.05, 0) is 58.8 Å². The highest BCUT2D eigenvalue weighted by Crippen LogP contribution is 2.51. The lowest BCUT2D eigenvalue weighted by molar-refractivity contribution is 0.672. The fourth-order valence-electron chi connectivity index (χ4n) is 8.47. The Balaban J connectivity index is 1.30. The van der Waals surface area contributed by atoms with Gasteiger partial charge in [0.2, 0.25) is 0 Å². The Kier molecular flexibility index (Phi) is 9.15. The minimum atomic E-state index is 0.208. The standard InChI is InChI=1S/C42H42B2N2S4/c1-3-5-7-15-23-45-33-28-34-32(27-31(33)39-37(41-35(49-39)21-25-47-41)43(45)29-17-11-9-12-18-29)40-38(42-36(50-40)22-26-48-42)44(30-19-13-10-14-20-30)46(34)24-16-8-6-4-2/h9-14,17-22,25-28H,3-8,15-16,23-24H2,1-2H3. The van der Waals surface area contributed by atoms with E-state index in [4.69, 9.17) is 0 Å². The summed E-state index contributed by atoms with van der Waals surface area (Å²) in [6.07, 6.45) is 10.1. The summed E-state index contributed by atoms with van der Waals surface area (Å²) in [6, 6.07) is 32.7. The van der Waals surface area contributed by atoms with Crippen LogP contribution in [0.25, 0.3) is 39.7 Å². The van der Waals surface area contributed by atoms with Crippen LogP contribution in [0.4, 0.5) is 11.4 Å². The van der Waals surface area contributed by atoms with Crippen molar-refractivity contribution in [2.45, 2.75) is 65.2 Å². The third kappa shape index (κ3) is 5.49. The van der Waals surface area contributed by atoms with Crippen molar-refractivity contribution < 1.29 is 0 Å². The summed E-state index contributed by atoms with van der Waals surface area (Å²) in [5.41, 5.74) is 11.6. The molecule has 7 aromatic rings. The van der Waals surface area contributed by atoms with Crippen LogP contribution in [-0.2, 0) is 0 Å². The third-order valence-corrected chi connectivity index (χ3v) is 15.4. The molecule has 0 aliphatic carbocycles. The molecule has 2 aliphatic rings. The predicted octanol–water partition coefficient (Wildman–Crippen LogP) is 10.6. The number of benzene rings is 3. The van der Waals surface area contributed by atoms with E-state index in [-0.39, 0.29) is 13.7 Å². The van der Waals surface area contributed by atoms with Crippen molar-refractivity contribution in [2.75, 3.05) is 22.7 Å². The number of fused-ring (bicyclic) bond motifs is 10. The van der Waals surface area contributed by atoms with Crippen molar-refractivity contribution in [1.82, 2.24) is 0 Å². The summed E-state index contributed by atoms with van der Waals surface area (Å²) in [7, 11) is 0. The van der Waals surface area contributed by atoms with E-state index in [1.54, 1.807) is 0 Å². The van der Waals surface area contributed by atoms with Crippen LogP contribution >= 0.6 is 45.3 Å². The van der Waals surface area contributed by atoms with Crippen LogP contribution in [0.5, 0.6) is 0 Å². The zero-order valence-electron chi connectivity index (χ0n) is 29.0. The minimum absolute atomic E-state index is 0.208. The van der Waals surface area contributed by atoms with Crippen LogP contribution in [0.1, 0.15) is 65.2 Å². The van der Waals surface area contributed by atoms with Gasteiger partial charge < -0.3 is 9.62 Å². The van der Waals surface area contributed by atoms with E-state index in [1.807, 2.05) is 45.3 Å². The van der Waals surface area contributed by atoms with Gasteiger partial charge in [0.15, 0.2) is 0 Å². The molecule has 2 aliphatic heterocycles. The molecule has 0 N–H and O–H groups in total. The van der Waals surface area contributed by atoms with Crippen molar-refractivity contribution >= 4 is 111 Å². The van der Waals surface area contributed by atoms with Gasteiger partial charge in [0.25, 0.3) is 0 Å². The van der Waals surface area contributed by atoms with Gasteiger partial charge >= 0.3 is 13.7 Å².